The summed E-state index contributed by atoms with van der Waals surface area (Å²) in [5.41, 5.74) is 1.67. The van der Waals surface area contributed by atoms with Crippen LogP contribution in [0.25, 0.3) is 0 Å². The number of hydrogen-bond donors (Lipinski definition) is 0. The summed E-state index contributed by atoms with van der Waals surface area (Å²) in [4.78, 5) is 26.8. The average Bonchev–Trinajstić information content (AvgIpc) is 2.56. The molecular weight excluding hydrogens is 252 g/mol. The summed E-state index contributed by atoms with van der Waals surface area (Å²) in [5.74, 6) is 0.351. The van der Waals surface area contributed by atoms with Crippen molar-refractivity contribution >= 4 is 5.91 Å². The van der Waals surface area contributed by atoms with Crippen LogP contribution in [0.2, 0.25) is 0 Å². The Balaban J connectivity index is 1.74. The second-order valence-corrected chi connectivity index (χ2v) is 4.96. The van der Waals surface area contributed by atoms with Crippen molar-refractivity contribution in [2.75, 3.05) is 13.1 Å². The van der Waals surface area contributed by atoms with Crippen molar-refractivity contribution in [1.29, 1.82) is 0 Å². The van der Waals surface area contributed by atoms with E-state index >= 15 is 0 Å². The molecule has 0 aromatic carbocycles. The van der Waals surface area contributed by atoms with Crippen LogP contribution in [0.3, 0.4) is 0 Å². The summed E-state index contributed by atoms with van der Waals surface area (Å²) in [6, 6.07) is 3.52. The molecule has 1 saturated heterocycles. The van der Waals surface area contributed by atoms with Gasteiger partial charge in [-0.2, -0.15) is 0 Å². The first-order chi connectivity index (χ1) is 9.84. The number of nitrogens with zero attached hydrogens (tertiary/aromatic N) is 4. The summed E-state index contributed by atoms with van der Waals surface area (Å²) in [5, 5.41) is 0. The zero-order chi connectivity index (χ0) is 13.8. The highest BCUT2D eigenvalue weighted by molar-refractivity contribution is 5.94. The van der Waals surface area contributed by atoms with E-state index in [1.165, 1.54) is 0 Å². The van der Waals surface area contributed by atoms with E-state index in [0.29, 0.717) is 12.1 Å². The number of piperidine rings is 1. The molecule has 0 radical (unpaired) electrons. The molecule has 5 heteroatoms. The molecule has 3 heterocycles. The van der Waals surface area contributed by atoms with Crippen LogP contribution in [0.4, 0.5) is 0 Å². The first-order valence-electron chi connectivity index (χ1n) is 6.80. The molecule has 5 nitrogen and oxygen atoms in total. The van der Waals surface area contributed by atoms with Crippen LogP contribution in [0.1, 0.15) is 34.8 Å². The molecule has 1 atom stereocenters. The molecule has 1 amide bonds. The highest BCUT2D eigenvalue weighted by Gasteiger charge is 2.26. The van der Waals surface area contributed by atoms with E-state index in [0.717, 1.165) is 25.1 Å². The first-order valence-corrected chi connectivity index (χ1v) is 6.80. The molecule has 2 aromatic rings. The number of rotatable bonds is 2. The predicted molar refractivity (Wildman–Crippen MR) is 74.1 cm³/mol. The number of carbonyl (C=O) groups is 1. The van der Waals surface area contributed by atoms with Crippen LogP contribution in [0.5, 0.6) is 0 Å². The minimum absolute atomic E-state index is 0.0704. The van der Waals surface area contributed by atoms with Crippen LogP contribution < -0.4 is 0 Å². The number of hydrogen-bond acceptors (Lipinski definition) is 4. The fraction of sp³-hybridized carbons (Fsp3) is 0.333. The molecule has 3 rings (SSSR count). The Bertz CT molecular complexity index is 573. The number of pyridine rings is 1. The van der Waals surface area contributed by atoms with E-state index in [9.17, 15) is 4.79 Å². The monoisotopic (exact) mass is 268 g/mol. The Morgan fingerprint density at radius 3 is 2.75 bits per heavy atom. The summed E-state index contributed by atoms with van der Waals surface area (Å²) in [6.45, 7) is 1.51. The summed E-state index contributed by atoms with van der Waals surface area (Å²) >= 11 is 0. The van der Waals surface area contributed by atoms with Gasteiger partial charge in [0.1, 0.15) is 0 Å². The Labute approximate surface area is 117 Å². The molecule has 102 valence electrons. The lowest BCUT2D eigenvalue weighted by molar-refractivity contribution is 0.0705. The summed E-state index contributed by atoms with van der Waals surface area (Å²) in [7, 11) is 0. The average molecular weight is 268 g/mol. The van der Waals surface area contributed by atoms with Crippen molar-refractivity contribution in [2.45, 2.75) is 18.8 Å². The molecule has 0 aliphatic carbocycles. The largest absolute Gasteiger partial charge is 0.338 e. The lowest BCUT2D eigenvalue weighted by Crippen LogP contribution is -2.39. The van der Waals surface area contributed by atoms with Gasteiger partial charge in [0.25, 0.3) is 5.91 Å². The second-order valence-electron chi connectivity index (χ2n) is 4.96. The topological polar surface area (TPSA) is 59.0 Å². The molecule has 1 aliphatic heterocycles. The van der Waals surface area contributed by atoms with E-state index in [1.807, 2.05) is 4.90 Å². The molecular formula is C15H16N4O. The van der Waals surface area contributed by atoms with Gasteiger partial charge in [0.15, 0.2) is 0 Å². The van der Waals surface area contributed by atoms with Crippen molar-refractivity contribution in [3.63, 3.8) is 0 Å². The Morgan fingerprint density at radius 1 is 1.15 bits per heavy atom. The van der Waals surface area contributed by atoms with Crippen molar-refractivity contribution in [1.82, 2.24) is 19.9 Å². The van der Waals surface area contributed by atoms with Gasteiger partial charge in [-0.1, -0.05) is 0 Å². The third-order valence-electron chi connectivity index (χ3n) is 3.64. The Kier molecular flexibility index (Phi) is 3.67. The molecule has 1 aliphatic rings. The van der Waals surface area contributed by atoms with Crippen LogP contribution in [0.15, 0.2) is 43.1 Å². The fourth-order valence-electron chi connectivity index (χ4n) is 2.60. The van der Waals surface area contributed by atoms with Gasteiger partial charge in [-0.05, 0) is 25.0 Å². The van der Waals surface area contributed by atoms with Gasteiger partial charge >= 0.3 is 0 Å². The van der Waals surface area contributed by atoms with E-state index in [4.69, 9.17) is 0 Å². The van der Waals surface area contributed by atoms with Crippen LogP contribution in [-0.2, 0) is 0 Å². The number of likely N-dealkylation sites (tertiary alicyclic amines) is 1. The second kappa shape index (κ2) is 5.77. The maximum absolute atomic E-state index is 12.4. The van der Waals surface area contributed by atoms with Crippen molar-refractivity contribution in [3.8, 4) is 0 Å². The highest BCUT2D eigenvalue weighted by Crippen LogP contribution is 2.25. The third-order valence-corrected chi connectivity index (χ3v) is 3.64. The first kappa shape index (κ1) is 12.7. The fourth-order valence-corrected chi connectivity index (χ4v) is 2.60. The van der Waals surface area contributed by atoms with E-state index < -0.39 is 0 Å². The predicted octanol–water partition coefficient (Wildman–Crippen LogP) is 1.89. The van der Waals surface area contributed by atoms with Gasteiger partial charge in [-0.3, -0.25) is 19.7 Å². The van der Waals surface area contributed by atoms with E-state index in [2.05, 4.69) is 15.0 Å². The summed E-state index contributed by atoms with van der Waals surface area (Å²) < 4.78 is 0. The van der Waals surface area contributed by atoms with E-state index in [1.54, 1.807) is 43.1 Å². The highest BCUT2D eigenvalue weighted by atomic mass is 16.2. The van der Waals surface area contributed by atoms with Gasteiger partial charge in [0, 0.05) is 55.6 Å². The van der Waals surface area contributed by atoms with Crippen molar-refractivity contribution in [3.05, 3.63) is 54.4 Å². The molecule has 0 N–H and O–H groups in total. The quantitative estimate of drug-likeness (QED) is 0.834. The summed E-state index contributed by atoms with van der Waals surface area (Å²) in [6.07, 6.45) is 10.5. The molecule has 0 bridgehead atoms. The molecule has 0 spiro atoms. The smallest absolute Gasteiger partial charge is 0.253 e. The van der Waals surface area contributed by atoms with Gasteiger partial charge in [0.2, 0.25) is 0 Å². The normalized spacial score (nSPS) is 18.8. The van der Waals surface area contributed by atoms with Gasteiger partial charge < -0.3 is 4.90 Å². The van der Waals surface area contributed by atoms with Gasteiger partial charge in [-0.15, -0.1) is 0 Å². The maximum Gasteiger partial charge on any atom is 0.253 e. The molecule has 20 heavy (non-hydrogen) atoms. The minimum Gasteiger partial charge on any atom is -0.338 e. The molecule has 0 saturated carbocycles. The van der Waals surface area contributed by atoms with Gasteiger partial charge in [-0.25, -0.2) is 0 Å². The number of carbonyl (C=O) groups excluding carboxylic acids is 1. The minimum atomic E-state index is 0.0704. The molecule has 1 fully saturated rings. The van der Waals surface area contributed by atoms with Crippen molar-refractivity contribution in [2.24, 2.45) is 0 Å². The van der Waals surface area contributed by atoms with Crippen molar-refractivity contribution < 1.29 is 4.79 Å². The lowest BCUT2D eigenvalue weighted by atomic mass is 9.94. The van der Waals surface area contributed by atoms with Crippen LogP contribution in [-0.4, -0.2) is 38.8 Å². The van der Waals surface area contributed by atoms with Crippen LogP contribution >= 0.6 is 0 Å². The van der Waals surface area contributed by atoms with Crippen LogP contribution in [0, 0.1) is 0 Å². The van der Waals surface area contributed by atoms with Gasteiger partial charge in [0.05, 0.1) is 5.69 Å². The zero-order valence-corrected chi connectivity index (χ0v) is 11.1. The zero-order valence-electron chi connectivity index (χ0n) is 11.1. The Morgan fingerprint density at radius 2 is 2.00 bits per heavy atom. The molecule has 1 unspecified atom stereocenters. The lowest BCUT2D eigenvalue weighted by Gasteiger charge is -2.32. The SMILES string of the molecule is O=C(c1ccncc1)N1CCCC(c2cnccn2)C1. The third kappa shape index (κ3) is 2.66. The standard InChI is InChI=1S/C15H16N4O/c20-15(12-3-5-16-6-4-12)19-9-1-2-13(11-19)14-10-17-7-8-18-14/h3-8,10,13H,1-2,9,11H2. The molecule has 2 aromatic heterocycles. The Hall–Kier alpha value is -2.30. The van der Waals surface area contributed by atoms with E-state index in [-0.39, 0.29) is 11.8 Å². The number of aromatic nitrogens is 3. The number of amides is 1. The maximum atomic E-state index is 12.4.